The van der Waals surface area contributed by atoms with Crippen molar-refractivity contribution in [3.8, 4) is 17.2 Å². The van der Waals surface area contributed by atoms with Crippen LogP contribution in [-0.4, -0.2) is 30.6 Å². The van der Waals surface area contributed by atoms with Crippen LogP contribution >= 0.6 is 0 Å². The number of phenolic OH excluding ortho intramolecular Hbond substituents is 1. The van der Waals surface area contributed by atoms with E-state index in [1.165, 1.54) is 0 Å². The Kier molecular flexibility index (Phi) is 9.12. The number of carbonyl (C=O) groups is 2. The quantitative estimate of drug-likeness (QED) is 0.199. The van der Waals surface area contributed by atoms with Gasteiger partial charge in [0.05, 0.1) is 13.2 Å². The second-order valence-corrected chi connectivity index (χ2v) is 8.47. The number of hydrogen-bond acceptors (Lipinski definition) is 7. The zero-order valence-electron chi connectivity index (χ0n) is 19.9. The van der Waals surface area contributed by atoms with Gasteiger partial charge in [-0.3, -0.25) is 0 Å². The van der Waals surface area contributed by atoms with Crippen LogP contribution in [-0.2, 0) is 14.9 Å². The van der Waals surface area contributed by atoms with E-state index >= 15 is 0 Å². The van der Waals surface area contributed by atoms with Crippen LogP contribution in [0.2, 0.25) is 0 Å². The van der Waals surface area contributed by atoms with Crippen molar-refractivity contribution in [2.24, 2.45) is 0 Å². The van der Waals surface area contributed by atoms with Gasteiger partial charge in [-0.05, 0) is 66.8 Å². The number of ether oxygens (including phenoxy) is 4. The molecule has 7 heteroatoms. The summed E-state index contributed by atoms with van der Waals surface area (Å²) in [6.45, 7) is 4.54. The molecule has 0 atom stereocenters. The summed E-state index contributed by atoms with van der Waals surface area (Å²) in [4.78, 5) is 23.7. The third-order valence-electron chi connectivity index (χ3n) is 5.52. The Labute approximate surface area is 205 Å². The second-order valence-electron chi connectivity index (χ2n) is 8.47. The molecule has 0 saturated carbocycles. The molecule has 0 fully saturated rings. The van der Waals surface area contributed by atoms with Gasteiger partial charge in [-0.2, -0.15) is 0 Å². The maximum absolute atomic E-state index is 12.1. The van der Waals surface area contributed by atoms with Gasteiger partial charge in [0.1, 0.15) is 17.2 Å². The number of benzene rings is 3. The molecule has 0 heterocycles. The van der Waals surface area contributed by atoms with E-state index in [-0.39, 0.29) is 24.4 Å². The number of phenols is 1. The third-order valence-corrected chi connectivity index (χ3v) is 5.52. The zero-order valence-corrected chi connectivity index (χ0v) is 19.9. The maximum Gasteiger partial charge on any atom is 0.513 e. The lowest BCUT2D eigenvalue weighted by Crippen LogP contribution is -2.19. The summed E-state index contributed by atoms with van der Waals surface area (Å²) in [5, 5.41) is 9.54. The van der Waals surface area contributed by atoms with Crippen LogP contribution in [0.15, 0.2) is 78.9 Å². The normalized spacial score (nSPS) is 10.9. The minimum atomic E-state index is -0.771. The van der Waals surface area contributed by atoms with Gasteiger partial charge in [-0.25, -0.2) is 9.59 Å². The van der Waals surface area contributed by atoms with Crippen LogP contribution in [0.1, 0.15) is 44.2 Å². The monoisotopic (exact) mass is 478 g/mol. The predicted molar refractivity (Wildman–Crippen MR) is 131 cm³/mol. The second kappa shape index (κ2) is 12.5. The van der Waals surface area contributed by atoms with Gasteiger partial charge in [-0.15, -0.1) is 0 Å². The Hall–Kier alpha value is -4.00. The molecule has 0 radical (unpaired) electrons. The van der Waals surface area contributed by atoms with Crippen molar-refractivity contribution < 1.29 is 33.6 Å². The van der Waals surface area contributed by atoms with Gasteiger partial charge in [0.25, 0.3) is 0 Å². The van der Waals surface area contributed by atoms with Crippen molar-refractivity contribution >= 4 is 12.3 Å². The number of carbonyl (C=O) groups excluding carboxylic acids is 2. The molecule has 3 aromatic rings. The minimum Gasteiger partial charge on any atom is -0.508 e. The predicted octanol–water partition coefficient (Wildman–Crippen LogP) is 6.62. The van der Waals surface area contributed by atoms with Gasteiger partial charge in [0, 0.05) is 5.41 Å². The molecule has 0 aliphatic rings. The molecular formula is C28H30O7. The lowest BCUT2D eigenvalue weighted by Gasteiger charge is -2.26. The summed E-state index contributed by atoms with van der Waals surface area (Å²) in [6, 6.07) is 23.0. The lowest BCUT2D eigenvalue weighted by atomic mass is 9.78. The third kappa shape index (κ3) is 8.07. The molecule has 0 aliphatic heterocycles. The molecule has 0 saturated heterocycles. The number of aromatic hydroxyl groups is 1. The molecule has 0 bridgehead atoms. The molecule has 3 aromatic carbocycles. The molecule has 0 unspecified atom stereocenters. The van der Waals surface area contributed by atoms with Crippen LogP contribution < -0.4 is 9.47 Å². The number of unbranched alkanes of at least 4 members (excludes halogenated alkanes) is 2. The first-order valence-corrected chi connectivity index (χ1v) is 11.5. The summed E-state index contributed by atoms with van der Waals surface area (Å²) in [5.41, 5.74) is 1.62. The van der Waals surface area contributed by atoms with E-state index in [4.69, 9.17) is 18.9 Å². The first-order chi connectivity index (χ1) is 16.8. The first-order valence-electron chi connectivity index (χ1n) is 11.5. The molecule has 0 spiro atoms. The van der Waals surface area contributed by atoms with E-state index in [9.17, 15) is 14.7 Å². The van der Waals surface area contributed by atoms with E-state index in [0.29, 0.717) is 30.8 Å². The van der Waals surface area contributed by atoms with Gasteiger partial charge >= 0.3 is 12.3 Å². The molecular weight excluding hydrogens is 448 g/mol. The van der Waals surface area contributed by atoms with Crippen LogP contribution in [0.5, 0.6) is 17.2 Å². The summed E-state index contributed by atoms with van der Waals surface area (Å²) < 4.78 is 20.5. The highest BCUT2D eigenvalue weighted by atomic mass is 16.7. The van der Waals surface area contributed by atoms with Crippen molar-refractivity contribution in [3.63, 3.8) is 0 Å². The standard InChI is InChI=1S/C28H30O7/c1-28(2,21-14-16-23(29)17-15-21)22-10-9-13-25(20-22)35-27(31)33-19-8-4-7-18-32-26(30)34-24-11-5-3-6-12-24/h3,5-6,9-17,20,29H,4,7-8,18-19H2,1-2H3. The zero-order chi connectivity index (χ0) is 25.1. The summed E-state index contributed by atoms with van der Waals surface area (Å²) >= 11 is 0. The van der Waals surface area contributed by atoms with E-state index in [1.54, 1.807) is 48.5 Å². The first kappa shape index (κ1) is 25.6. The van der Waals surface area contributed by atoms with E-state index < -0.39 is 12.3 Å². The van der Waals surface area contributed by atoms with Crippen LogP contribution in [0.3, 0.4) is 0 Å². The van der Waals surface area contributed by atoms with E-state index in [1.807, 2.05) is 30.3 Å². The Morgan fingerprint density at radius 1 is 0.686 bits per heavy atom. The van der Waals surface area contributed by atoms with Crippen LogP contribution in [0.4, 0.5) is 9.59 Å². The Balaban J connectivity index is 1.35. The van der Waals surface area contributed by atoms with Crippen LogP contribution in [0.25, 0.3) is 0 Å². The van der Waals surface area contributed by atoms with E-state index in [2.05, 4.69) is 13.8 Å². The van der Waals surface area contributed by atoms with Crippen molar-refractivity contribution in [3.05, 3.63) is 90.0 Å². The summed E-state index contributed by atoms with van der Waals surface area (Å²) in [6.07, 6.45) is 0.429. The summed E-state index contributed by atoms with van der Waals surface area (Å²) in [5.74, 6) is 1.03. The van der Waals surface area contributed by atoms with Gasteiger partial charge in [0.15, 0.2) is 0 Å². The molecule has 0 aromatic heterocycles. The molecule has 3 rings (SSSR count). The van der Waals surface area contributed by atoms with Crippen molar-refractivity contribution in [1.82, 2.24) is 0 Å². The van der Waals surface area contributed by atoms with Gasteiger partial charge in [0.2, 0.25) is 0 Å². The Bertz CT molecular complexity index is 1090. The molecule has 0 amide bonds. The molecule has 1 N–H and O–H groups in total. The minimum absolute atomic E-state index is 0.200. The van der Waals surface area contributed by atoms with Crippen LogP contribution in [0, 0.1) is 0 Å². The Morgan fingerprint density at radius 3 is 1.89 bits per heavy atom. The average molecular weight is 479 g/mol. The fraction of sp³-hybridized carbons (Fsp3) is 0.286. The Morgan fingerprint density at radius 2 is 1.26 bits per heavy atom. The average Bonchev–Trinajstić information content (AvgIpc) is 2.84. The SMILES string of the molecule is CC(C)(c1ccc(O)cc1)c1cccc(OC(=O)OCCCCCOC(=O)Oc2ccccc2)c1. The van der Waals surface area contributed by atoms with Crippen molar-refractivity contribution in [2.45, 2.75) is 38.5 Å². The lowest BCUT2D eigenvalue weighted by molar-refractivity contribution is 0.0917. The number of rotatable bonds is 10. The molecule has 184 valence electrons. The van der Waals surface area contributed by atoms with Gasteiger partial charge < -0.3 is 24.1 Å². The fourth-order valence-electron chi connectivity index (χ4n) is 3.42. The van der Waals surface area contributed by atoms with Crippen molar-refractivity contribution in [2.75, 3.05) is 13.2 Å². The smallest absolute Gasteiger partial charge is 0.508 e. The van der Waals surface area contributed by atoms with Gasteiger partial charge in [-0.1, -0.05) is 56.3 Å². The van der Waals surface area contributed by atoms with E-state index in [0.717, 1.165) is 11.1 Å². The highest BCUT2D eigenvalue weighted by molar-refractivity contribution is 5.64. The fourth-order valence-corrected chi connectivity index (χ4v) is 3.42. The largest absolute Gasteiger partial charge is 0.513 e. The maximum atomic E-state index is 12.1. The molecule has 7 nitrogen and oxygen atoms in total. The topological polar surface area (TPSA) is 91.3 Å². The number of para-hydroxylation sites is 1. The highest BCUT2D eigenvalue weighted by Gasteiger charge is 2.24. The number of hydrogen-bond donors (Lipinski definition) is 1. The molecule has 35 heavy (non-hydrogen) atoms. The molecule has 0 aliphatic carbocycles. The summed E-state index contributed by atoms with van der Waals surface area (Å²) in [7, 11) is 0. The van der Waals surface area contributed by atoms with Crippen molar-refractivity contribution in [1.29, 1.82) is 0 Å². The highest BCUT2D eigenvalue weighted by Crippen LogP contribution is 2.34.